The molecule has 2 rings (SSSR count). The number of halogens is 1. The van der Waals surface area contributed by atoms with Gasteiger partial charge in [-0.3, -0.25) is 4.21 Å². The van der Waals surface area contributed by atoms with Gasteiger partial charge in [-0.1, -0.05) is 47.5 Å². The first-order chi connectivity index (χ1) is 9.56. The number of rotatable bonds is 5. The second-order valence-electron chi connectivity index (χ2n) is 4.53. The summed E-state index contributed by atoms with van der Waals surface area (Å²) >= 11 is -2.21. The highest BCUT2D eigenvalue weighted by Gasteiger charge is 2.09. The number of nitrogens with one attached hydrogen (secondary N) is 1. The van der Waals surface area contributed by atoms with E-state index < -0.39 is 16.9 Å². The molecule has 0 radical (unpaired) electrons. The van der Waals surface area contributed by atoms with E-state index in [0.717, 1.165) is 5.56 Å². The minimum Gasteiger partial charge on any atom is -0.772 e. The molecule has 5 heteroatoms. The summed E-state index contributed by atoms with van der Waals surface area (Å²) in [7, 11) is 0. The molecule has 0 saturated carbocycles. The Morgan fingerprint density at radius 3 is 2.60 bits per heavy atom. The van der Waals surface area contributed by atoms with Gasteiger partial charge in [0.15, 0.2) is 0 Å². The molecule has 0 heterocycles. The summed E-state index contributed by atoms with van der Waals surface area (Å²) < 4.78 is 35.0. The van der Waals surface area contributed by atoms with Crippen molar-refractivity contribution in [3.63, 3.8) is 0 Å². The predicted octanol–water partition coefficient (Wildman–Crippen LogP) is 3.38. The van der Waals surface area contributed by atoms with Gasteiger partial charge in [0, 0.05) is 17.5 Å². The molecule has 2 unspecified atom stereocenters. The van der Waals surface area contributed by atoms with Crippen LogP contribution in [0.15, 0.2) is 48.5 Å². The summed E-state index contributed by atoms with van der Waals surface area (Å²) in [4.78, 5) is 0. The molecule has 3 nitrogen and oxygen atoms in total. The molecule has 0 aromatic heterocycles. The maximum atomic E-state index is 13.3. The monoisotopic (exact) mass is 292 g/mol. The molecule has 0 spiro atoms. The highest BCUT2D eigenvalue weighted by Crippen LogP contribution is 2.24. The van der Waals surface area contributed by atoms with Crippen LogP contribution in [-0.4, -0.2) is 8.76 Å². The Morgan fingerprint density at radius 2 is 1.95 bits per heavy atom. The average molecular weight is 292 g/mol. The molecule has 20 heavy (non-hydrogen) atoms. The van der Waals surface area contributed by atoms with Crippen molar-refractivity contribution in [2.75, 3.05) is 5.32 Å². The average Bonchev–Trinajstić information content (AvgIpc) is 2.42. The molecule has 0 aliphatic carbocycles. The van der Waals surface area contributed by atoms with Crippen LogP contribution >= 0.6 is 0 Å². The van der Waals surface area contributed by atoms with Crippen LogP contribution < -0.4 is 5.32 Å². The highest BCUT2D eigenvalue weighted by molar-refractivity contribution is 7.78. The first-order valence-electron chi connectivity index (χ1n) is 6.22. The van der Waals surface area contributed by atoms with E-state index in [1.807, 2.05) is 37.3 Å². The fourth-order valence-electron chi connectivity index (χ4n) is 1.99. The van der Waals surface area contributed by atoms with Gasteiger partial charge in [0.1, 0.15) is 5.82 Å². The quantitative estimate of drug-likeness (QED) is 0.860. The van der Waals surface area contributed by atoms with Crippen molar-refractivity contribution >= 4 is 16.8 Å². The lowest BCUT2D eigenvalue weighted by Crippen LogP contribution is -2.09. The number of hydrogen-bond donors (Lipinski definition) is 1. The molecule has 0 saturated heterocycles. The van der Waals surface area contributed by atoms with Crippen LogP contribution in [0.1, 0.15) is 24.1 Å². The molecule has 0 fully saturated rings. The van der Waals surface area contributed by atoms with Crippen molar-refractivity contribution in [2.24, 2.45) is 0 Å². The standard InChI is InChI=1S/C15H16FNO2S/c1-11(12-5-3-2-4-6-12)17-15-9-14(16)8-7-13(15)10-20(18)19/h2-9,11,17H,10H2,1H3,(H,18,19)/p-1. The van der Waals surface area contributed by atoms with Gasteiger partial charge in [-0.15, -0.1) is 0 Å². The number of hydrogen-bond acceptors (Lipinski definition) is 3. The SMILES string of the molecule is CC(Nc1cc(F)ccc1CS(=O)[O-])c1ccccc1. The minimum absolute atomic E-state index is 0.0446. The van der Waals surface area contributed by atoms with Crippen LogP contribution in [0.3, 0.4) is 0 Å². The molecule has 2 aromatic rings. The van der Waals surface area contributed by atoms with E-state index >= 15 is 0 Å². The van der Waals surface area contributed by atoms with Crippen molar-refractivity contribution < 1.29 is 13.2 Å². The Kier molecular flexibility index (Phi) is 4.87. The molecule has 0 amide bonds. The first kappa shape index (κ1) is 14.7. The van der Waals surface area contributed by atoms with E-state index in [9.17, 15) is 13.2 Å². The van der Waals surface area contributed by atoms with Crippen molar-refractivity contribution in [3.8, 4) is 0 Å². The second-order valence-corrected chi connectivity index (χ2v) is 5.42. The fourth-order valence-corrected chi connectivity index (χ4v) is 2.50. The van der Waals surface area contributed by atoms with Crippen LogP contribution in [0.25, 0.3) is 0 Å². The van der Waals surface area contributed by atoms with Crippen LogP contribution in [0, 0.1) is 5.82 Å². The Labute approximate surface area is 120 Å². The van der Waals surface area contributed by atoms with E-state index in [4.69, 9.17) is 0 Å². The van der Waals surface area contributed by atoms with Crippen molar-refractivity contribution in [1.29, 1.82) is 0 Å². The fraction of sp³-hybridized carbons (Fsp3) is 0.200. The zero-order chi connectivity index (χ0) is 14.5. The second kappa shape index (κ2) is 6.63. The lowest BCUT2D eigenvalue weighted by atomic mass is 10.1. The normalized spacial score (nSPS) is 13.8. The smallest absolute Gasteiger partial charge is 0.125 e. The van der Waals surface area contributed by atoms with Crippen LogP contribution in [-0.2, 0) is 16.8 Å². The minimum atomic E-state index is -2.21. The van der Waals surface area contributed by atoms with Crippen molar-refractivity contribution in [2.45, 2.75) is 18.7 Å². The lowest BCUT2D eigenvalue weighted by Gasteiger charge is -2.19. The van der Waals surface area contributed by atoms with Gasteiger partial charge >= 0.3 is 0 Å². The van der Waals surface area contributed by atoms with E-state index in [-0.39, 0.29) is 11.8 Å². The van der Waals surface area contributed by atoms with Gasteiger partial charge in [0.25, 0.3) is 0 Å². The third-order valence-electron chi connectivity index (χ3n) is 3.02. The molecule has 0 aliphatic rings. The Morgan fingerprint density at radius 1 is 1.25 bits per heavy atom. The number of anilines is 1. The molecule has 0 bridgehead atoms. The largest absolute Gasteiger partial charge is 0.772 e. The van der Waals surface area contributed by atoms with Gasteiger partial charge in [0.05, 0.1) is 0 Å². The van der Waals surface area contributed by atoms with Gasteiger partial charge in [-0.25, -0.2) is 4.39 Å². The van der Waals surface area contributed by atoms with Gasteiger partial charge in [-0.05, 0) is 30.2 Å². The Bertz CT molecular complexity index is 604. The van der Waals surface area contributed by atoms with Crippen molar-refractivity contribution in [1.82, 2.24) is 0 Å². The van der Waals surface area contributed by atoms with Gasteiger partial charge < -0.3 is 9.87 Å². The topological polar surface area (TPSA) is 52.2 Å². The summed E-state index contributed by atoms with van der Waals surface area (Å²) in [5.74, 6) is -0.530. The van der Waals surface area contributed by atoms with Gasteiger partial charge in [-0.2, -0.15) is 0 Å². The highest BCUT2D eigenvalue weighted by atomic mass is 32.2. The molecule has 2 aromatic carbocycles. The molecule has 2 atom stereocenters. The maximum Gasteiger partial charge on any atom is 0.125 e. The molecular weight excluding hydrogens is 277 g/mol. The third kappa shape index (κ3) is 3.88. The van der Waals surface area contributed by atoms with E-state index in [0.29, 0.717) is 11.3 Å². The summed E-state index contributed by atoms with van der Waals surface area (Å²) in [6.45, 7) is 1.94. The zero-order valence-electron chi connectivity index (χ0n) is 11.0. The Balaban J connectivity index is 2.23. The predicted molar refractivity (Wildman–Crippen MR) is 77.5 cm³/mol. The van der Waals surface area contributed by atoms with Crippen molar-refractivity contribution in [3.05, 3.63) is 65.5 Å². The molecule has 0 aliphatic heterocycles. The zero-order valence-corrected chi connectivity index (χ0v) is 11.8. The van der Waals surface area contributed by atoms with Gasteiger partial charge in [0.2, 0.25) is 0 Å². The van der Waals surface area contributed by atoms with E-state index in [1.165, 1.54) is 18.2 Å². The van der Waals surface area contributed by atoms with E-state index in [2.05, 4.69) is 5.32 Å². The summed E-state index contributed by atoms with van der Waals surface area (Å²) in [5, 5.41) is 3.16. The summed E-state index contributed by atoms with van der Waals surface area (Å²) in [6.07, 6.45) is 0. The lowest BCUT2D eigenvalue weighted by molar-refractivity contribution is 0.536. The molecular formula is C15H15FNO2S-. The van der Waals surface area contributed by atoms with Crippen LogP contribution in [0.4, 0.5) is 10.1 Å². The third-order valence-corrected chi connectivity index (χ3v) is 3.56. The summed E-state index contributed by atoms with van der Waals surface area (Å²) in [5.41, 5.74) is 2.11. The Hall–Kier alpha value is -1.72. The molecule has 106 valence electrons. The van der Waals surface area contributed by atoms with Crippen LogP contribution in [0.2, 0.25) is 0 Å². The van der Waals surface area contributed by atoms with E-state index in [1.54, 1.807) is 0 Å². The van der Waals surface area contributed by atoms with Crippen LogP contribution in [0.5, 0.6) is 0 Å². The first-order valence-corrected chi connectivity index (χ1v) is 7.46. The summed E-state index contributed by atoms with van der Waals surface area (Å²) in [6, 6.07) is 13.7. The molecule has 1 N–H and O–H groups in total. The maximum absolute atomic E-state index is 13.3. The number of benzene rings is 2.